The third kappa shape index (κ3) is 2.72. The Hall–Kier alpha value is -1.98. The van der Waals surface area contributed by atoms with E-state index >= 15 is 0 Å². The van der Waals surface area contributed by atoms with E-state index in [2.05, 4.69) is 85.0 Å². The maximum atomic E-state index is 2.38. The first-order valence-electron chi connectivity index (χ1n) is 8.82. The molecule has 0 unspecified atom stereocenters. The zero-order valence-electron chi connectivity index (χ0n) is 14.0. The number of hydrogen-bond donors (Lipinski definition) is 0. The van der Waals surface area contributed by atoms with Crippen LogP contribution in [0, 0.1) is 0 Å². The van der Waals surface area contributed by atoms with Crippen LogP contribution in [0.25, 0.3) is 16.7 Å². The second-order valence-corrected chi connectivity index (χ2v) is 9.92. The molecule has 0 atom stereocenters. The van der Waals surface area contributed by atoms with Crippen LogP contribution < -0.4 is 6.54 Å². The van der Waals surface area contributed by atoms with Crippen molar-refractivity contribution in [1.82, 2.24) is 0 Å². The van der Waals surface area contributed by atoms with Crippen LogP contribution in [-0.4, -0.2) is 0 Å². The minimum atomic E-state index is -0.839. The molecule has 0 nitrogen and oxygen atoms in total. The van der Waals surface area contributed by atoms with Crippen molar-refractivity contribution in [2.75, 3.05) is 0 Å². The Kier molecular flexibility index (Phi) is 3.91. The van der Waals surface area contributed by atoms with Gasteiger partial charge < -0.3 is 0 Å². The molecule has 0 bridgehead atoms. The van der Waals surface area contributed by atoms with Gasteiger partial charge in [0.15, 0.2) is 0 Å². The van der Waals surface area contributed by atoms with Gasteiger partial charge in [-0.25, -0.2) is 0 Å². The molecule has 0 aromatic heterocycles. The van der Waals surface area contributed by atoms with Crippen LogP contribution in [0.5, 0.6) is 0 Å². The summed E-state index contributed by atoms with van der Waals surface area (Å²) in [7, 11) is 0. The topological polar surface area (TPSA) is 0 Å². The van der Waals surface area contributed by atoms with E-state index in [1.165, 1.54) is 27.8 Å². The molecule has 0 amide bonds. The number of fused-ring (bicyclic) bond motifs is 3. The maximum absolute atomic E-state index is 2.38. The van der Waals surface area contributed by atoms with Gasteiger partial charge in [0, 0.05) is 0 Å². The van der Waals surface area contributed by atoms with Gasteiger partial charge in [0.05, 0.1) is 0 Å². The SMILES string of the molecule is C1=CCC(c2cccc[c]2[Zr][c]2cccc3c2Cc2ccccc2-3)=C1. The van der Waals surface area contributed by atoms with E-state index in [0.29, 0.717) is 0 Å². The fraction of sp³-hybridized carbons (Fsp3) is 0.0833. The summed E-state index contributed by atoms with van der Waals surface area (Å²) in [6.07, 6.45) is 8.91. The van der Waals surface area contributed by atoms with Gasteiger partial charge in [-0.15, -0.1) is 0 Å². The van der Waals surface area contributed by atoms with Gasteiger partial charge in [-0.1, -0.05) is 0 Å². The second kappa shape index (κ2) is 6.39. The molecular weight excluding hydrogens is 379 g/mol. The normalized spacial score (nSPS) is 14.2. The quantitative estimate of drug-likeness (QED) is 0.473. The molecule has 0 radical (unpaired) electrons. The first-order chi connectivity index (χ1) is 12.4. The van der Waals surface area contributed by atoms with E-state index in [0.717, 1.165) is 12.8 Å². The van der Waals surface area contributed by atoms with Crippen LogP contribution >= 0.6 is 0 Å². The zero-order valence-corrected chi connectivity index (χ0v) is 16.5. The third-order valence-corrected chi connectivity index (χ3v) is 8.71. The fourth-order valence-corrected chi connectivity index (χ4v) is 7.38. The van der Waals surface area contributed by atoms with Gasteiger partial charge in [0.1, 0.15) is 0 Å². The average Bonchev–Trinajstić information content (AvgIpc) is 3.31. The first kappa shape index (κ1) is 15.3. The van der Waals surface area contributed by atoms with E-state index in [9.17, 15) is 0 Å². The van der Waals surface area contributed by atoms with Crippen molar-refractivity contribution >= 4 is 12.1 Å². The van der Waals surface area contributed by atoms with E-state index in [4.69, 9.17) is 0 Å². The van der Waals surface area contributed by atoms with Crippen LogP contribution in [0.1, 0.15) is 23.1 Å². The summed E-state index contributed by atoms with van der Waals surface area (Å²) >= 11 is -0.839. The Labute approximate surface area is 160 Å². The Morgan fingerprint density at radius 3 is 2.32 bits per heavy atom. The Bertz CT molecular complexity index is 1020. The molecule has 118 valence electrons. The summed E-state index contributed by atoms with van der Waals surface area (Å²) in [5, 5.41) is 0. The Morgan fingerprint density at radius 1 is 0.680 bits per heavy atom. The monoisotopic (exact) mass is 396 g/mol. The van der Waals surface area contributed by atoms with Crippen LogP contribution in [0.2, 0.25) is 0 Å². The predicted molar refractivity (Wildman–Crippen MR) is 102 cm³/mol. The molecule has 25 heavy (non-hydrogen) atoms. The fourth-order valence-electron chi connectivity index (χ4n) is 3.94. The van der Waals surface area contributed by atoms with Crippen LogP contribution in [-0.2, 0) is 29.7 Å². The molecule has 1 heteroatoms. The van der Waals surface area contributed by atoms with Crippen molar-refractivity contribution in [2.45, 2.75) is 12.8 Å². The zero-order chi connectivity index (χ0) is 16.6. The molecule has 0 saturated heterocycles. The summed E-state index contributed by atoms with van der Waals surface area (Å²) < 4.78 is 3.24. The van der Waals surface area contributed by atoms with Crippen molar-refractivity contribution in [3.63, 3.8) is 0 Å². The Balaban J connectivity index is 1.55. The van der Waals surface area contributed by atoms with Crippen LogP contribution in [0.15, 0.2) is 85.0 Å². The van der Waals surface area contributed by atoms with Gasteiger partial charge in [-0.2, -0.15) is 0 Å². The first-order valence-corrected chi connectivity index (χ1v) is 11.3. The summed E-state index contributed by atoms with van der Waals surface area (Å²) in [5.41, 5.74) is 8.94. The van der Waals surface area contributed by atoms with Gasteiger partial charge in [0.2, 0.25) is 0 Å². The average molecular weight is 398 g/mol. The summed E-state index contributed by atoms with van der Waals surface area (Å²) in [4.78, 5) is 0. The van der Waals surface area contributed by atoms with E-state index in [-0.39, 0.29) is 0 Å². The van der Waals surface area contributed by atoms with Gasteiger partial charge >= 0.3 is 161 Å². The summed E-state index contributed by atoms with van der Waals surface area (Å²) in [6.45, 7) is 0. The molecule has 0 spiro atoms. The molecule has 0 N–H and O–H groups in total. The Morgan fingerprint density at radius 2 is 1.44 bits per heavy atom. The second-order valence-electron chi connectivity index (χ2n) is 6.66. The molecular formula is C24H18Zr. The molecule has 2 aliphatic carbocycles. The van der Waals surface area contributed by atoms with Gasteiger partial charge in [-0.3, -0.25) is 0 Å². The summed E-state index contributed by atoms with van der Waals surface area (Å²) in [6, 6.07) is 24.9. The molecule has 0 saturated carbocycles. The van der Waals surface area contributed by atoms with Crippen LogP contribution in [0.4, 0.5) is 0 Å². The van der Waals surface area contributed by atoms with Crippen molar-refractivity contribution in [3.8, 4) is 11.1 Å². The number of allylic oxidation sites excluding steroid dienone is 4. The number of hydrogen-bond acceptors (Lipinski definition) is 0. The standard InChI is InChI=1S/C13H9.C11H9.Zr/c1-3-7-12-10(5-1)9-11-6-2-4-8-13(11)12;1-2-6-10(7-3-1)11-8-4-5-9-11;/h1-5,7-8H,9H2;1-6,8H,9H2;. The molecule has 3 aromatic rings. The summed E-state index contributed by atoms with van der Waals surface area (Å²) in [5.74, 6) is 0. The third-order valence-electron chi connectivity index (χ3n) is 5.16. The number of rotatable bonds is 3. The van der Waals surface area contributed by atoms with Crippen LogP contribution in [0.3, 0.4) is 0 Å². The van der Waals surface area contributed by atoms with Gasteiger partial charge in [0.25, 0.3) is 0 Å². The molecule has 0 aliphatic heterocycles. The van der Waals surface area contributed by atoms with Crippen molar-refractivity contribution in [2.24, 2.45) is 0 Å². The number of benzene rings is 3. The minimum absolute atomic E-state index is 0.839. The van der Waals surface area contributed by atoms with E-state index in [1.54, 1.807) is 12.1 Å². The van der Waals surface area contributed by atoms with Crippen molar-refractivity contribution < 1.29 is 23.2 Å². The molecule has 5 rings (SSSR count). The predicted octanol–water partition coefficient (Wildman–Crippen LogP) is 4.63. The molecule has 3 aromatic carbocycles. The van der Waals surface area contributed by atoms with E-state index in [1.807, 2.05) is 0 Å². The van der Waals surface area contributed by atoms with E-state index < -0.39 is 23.2 Å². The molecule has 0 heterocycles. The molecule has 2 aliphatic rings. The molecule has 0 fully saturated rings. The van der Waals surface area contributed by atoms with Crippen molar-refractivity contribution in [1.29, 1.82) is 0 Å². The van der Waals surface area contributed by atoms with Crippen molar-refractivity contribution in [3.05, 3.63) is 102 Å². The van der Waals surface area contributed by atoms with Gasteiger partial charge in [-0.05, 0) is 0 Å².